The molecule has 0 spiro atoms. The molecule has 0 unspecified atom stereocenters. The van der Waals surface area contributed by atoms with Gasteiger partial charge in [0.05, 0.1) is 6.61 Å². The maximum absolute atomic E-state index is 5.62. The third-order valence-corrected chi connectivity index (χ3v) is 2.02. The molecule has 80 valence electrons. The van der Waals surface area contributed by atoms with Gasteiger partial charge in [-0.3, -0.25) is 0 Å². The molecule has 0 N–H and O–H groups in total. The van der Waals surface area contributed by atoms with Crippen LogP contribution in [0.5, 0.6) is 5.75 Å². The van der Waals surface area contributed by atoms with E-state index in [-0.39, 0.29) is 5.54 Å². The zero-order chi connectivity index (χ0) is 10.8. The van der Waals surface area contributed by atoms with Crippen molar-refractivity contribution in [2.75, 3.05) is 6.61 Å². The molecule has 0 aliphatic carbocycles. The van der Waals surface area contributed by atoms with E-state index in [1.807, 2.05) is 6.07 Å². The predicted molar refractivity (Wildman–Crippen MR) is 59.8 cm³/mol. The van der Waals surface area contributed by atoms with Gasteiger partial charge in [-0.15, -0.1) is 0 Å². The van der Waals surface area contributed by atoms with Crippen molar-refractivity contribution in [1.29, 1.82) is 0 Å². The van der Waals surface area contributed by atoms with Gasteiger partial charge in [0.15, 0.2) is 0 Å². The zero-order valence-electron chi connectivity index (χ0n) is 9.87. The molecule has 0 fully saturated rings. The van der Waals surface area contributed by atoms with Crippen molar-refractivity contribution >= 4 is 0 Å². The molecule has 1 aromatic heterocycles. The van der Waals surface area contributed by atoms with Crippen LogP contribution in [0.15, 0.2) is 18.5 Å². The average Bonchev–Trinajstić information content (AvgIpc) is 2.47. The molecule has 2 heteroatoms. The van der Waals surface area contributed by atoms with E-state index >= 15 is 0 Å². The van der Waals surface area contributed by atoms with Crippen LogP contribution in [0.25, 0.3) is 0 Å². The SMILES string of the molecule is CC(C)COc1ccn(C(C)(C)C)c1. The predicted octanol–water partition coefficient (Wildman–Crippen LogP) is 3.28. The molecule has 0 saturated heterocycles. The van der Waals surface area contributed by atoms with Crippen LogP contribution in [0.1, 0.15) is 34.6 Å². The van der Waals surface area contributed by atoms with E-state index in [2.05, 4.69) is 51.6 Å². The lowest BCUT2D eigenvalue weighted by Gasteiger charge is -2.20. The van der Waals surface area contributed by atoms with Gasteiger partial charge in [-0.05, 0) is 32.8 Å². The molecule has 0 radical (unpaired) electrons. The third kappa shape index (κ3) is 3.09. The Morgan fingerprint density at radius 2 is 2.00 bits per heavy atom. The molecule has 1 aromatic rings. The number of hydrogen-bond donors (Lipinski definition) is 0. The van der Waals surface area contributed by atoms with E-state index in [4.69, 9.17) is 4.74 Å². The second kappa shape index (κ2) is 4.07. The Morgan fingerprint density at radius 3 is 2.43 bits per heavy atom. The van der Waals surface area contributed by atoms with Crippen molar-refractivity contribution in [3.05, 3.63) is 18.5 Å². The molecule has 0 atom stereocenters. The van der Waals surface area contributed by atoms with E-state index in [9.17, 15) is 0 Å². The summed E-state index contributed by atoms with van der Waals surface area (Å²) in [4.78, 5) is 0. The van der Waals surface area contributed by atoms with Crippen molar-refractivity contribution < 1.29 is 4.74 Å². The molecule has 0 bridgehead atoms. The molecule has 0 amide bonds. The second-order valence-electron chi connectivity index (χ2n) is 5.13. The van der Waals surface area contributed by atoms with Crippen LogP contribution in [0.3, 0.4) is 0 Å². The first-order valence-corrected chi connectivity index (χ1v) is 5.21. The molecular weight excluding hydrogens is 174 g/mol. The first-order valence-electron chi connectivity index (χ1n) is 5.21. The van der Waals surface area contributed by atoms with Gasteiger partial charge in [-0.25, -0.2) is 0 Å². The van der Waals surface area contributed by atoms with Crippen molar-refractivity contribution in [3.8, 4) is 5.75 Å². The monoisotopic (exact) mass is 195 g/mol. The molecular formula is C12H21NO. The summed E-state index contributed by atoms with van der Waals surface area (Å²) in [5.41, 5.74) is 0.138. The van der Waals surface area contributed by atoms with Crippen molar-refractivity contribution in [3.63, 3.8) is 0 Å². The van der Waals surface area contributed by atoms with Crippen LogP contribution >= 0.6 is 0 Å². The van der Waals surface area contributed by atoms with Gasteiger partial charge in [0.1, 0.15) is 5.75 Å². The van der Waals surface area contributed by atoms with Crippen molar-refractivity contribution in [1.82, 2.24) is 4.57 Å². The highest BCUT2D eigenvalue weighted by Gasteiger charge is 2.12. The minimum absolute atomic E-state index is 0.138. The van der Waals surface area contributed by atoms with Gasteiger partial charge in [0.25, 0.3) is 0 Å². The Kier molecular flexibility index (Phi) is 3.25. The highest BCUT2D eigenvalue weighted by atomic mass is 16.5. The molecule has 0 saturated carbocycles. The Balaban J connectivity index is 2.60. The standard InChI is InChI=1S/C12H21NO/c1-10(2)9-14-11-6-7-13(8-11)12(3,4)5/h6-8,10H,9H2,1-5H3. The summed E-state index contributed by atoms with van der Waals surface area (Å²) in [6.45, 7) is 11.6. The van der Waals surface area contributed by atoms with Gasteiger partial charge < -0.3 is 9.30 Å². The van der Waals surface area contributed by atoms with E-state index in [0.29, 0.717) is 5.92 Å². The Bertz CT molecular complexity index is 281. The van der Waals surface area contributed by atoms with Crippen molar-refractivity contribution in [2.24, 2.45) is 5.92 Å². The Hall–Kier alpha value is -0.920. The summed E-state index contributed by atoms with van der Waals surface area (Å²) in [6, 6.07) is 2.02. The molecule has 1 heterocycles. The fourth-order valence-corrected chi connectivity index (χ4v) is 1.14. The number of nitrogens with zero attached hydrogens (tertiary/aromatic N) is 1. The van der Waals surface area contributed by atoms with Crippen LogP contribution in [0.4, 0.5) is 0 Å². The smallest absolute Gasteiger partial charge is 0.136 e. The summed E-state index contributed by atoms with van der Waals surface area (Å²) < 4.78 is 7.79. The largest absolute Gasteiger partial charge is 0.492 e. The first-order chi connectivity index (χ1) is 6.39. The molecule has 0 aliphatic heterocycles. The minimum atomic E-state index is 0.138. The summed E-state index contributed by atoms with van der Waals surface area (Å²) in [6.07, 6.45) is 4.12. The quantitative estimate of drug-likeness (QED) is 0.722. The van der Waals surface area contributed by atoms with Crippen LogP contribution in [0.2, 0.25) is 0 Å². The van der Waals surface area contributed by atoms with Crippen LogP contribution in [0, 0.1) is 5.92 Å². The summed E-state index contributed by atoms with van der Waals surface area (Å²) >= 11 is 0. The van der Waals surface area contributed by atoms with Gasteiger partial charge in [0.2, 0.25) is 0 Å². The van der Waals surface area contributed by atoms with Crippen LogP contribution in [-0.4, -0.2) is 11.2 Å². The number of rotatable bonds is 3. The fraction of sp³-hybridized carbons (Fsp3) is 0.667. The fourth-order valence-electron chi connectivity index (χ4n) is 1.14. The first kappa shape index (κ1) is 11.2. The molecule has 0 aliphatic rings. The van der Waals surface area contributed by atoms with E-state index in [1.165, 1.54) is 0 Å². The van der Waals surface area contributed by atoms with Gasteiger partial charge in [-0.1, -0.05) is 13.8 Å². The zero-order valence-corrected chi connectivity index (χ0v) is 9.87. The maximum atomic E-state index is 5.62. The van der Waals surface area contributed by atoms with E-state index in [1.54, 1.807) is 0 Å². The van der Waals surface area contributed by atoms with Gasteiger partial charge in [0, 0.05) is 17.9 Å². The minimum Gasteiger partial charge on any atom is -0.492 e. The Morgan fingerprint density at radius 1 is 1.36 bits per heavy atom. The second-order valence-corrected chi connectivity index (χ2v) is 5.13. The average molecular weight is 195 g/mol. The summed E-state index contributed by atoms with van der Waals surface area (Å²) in [5.74, 6) is 1.54. The Labute approximate surface area is 86.9 Å². The summed E-state index contributed by atoms with van der Waals surface area (Å²) in [7, 11) is 0. The third-order valence-electron chi connectivity index (χ3n) is 2.02. The highest BCUT2D eigenvalue weighted by Crippen LogP contribution is 2.20. The molecule has 14 heavy (non-hydrogen) atoms. The van der Waals surface area contributed by atoms with Gasteiger partial charge in [-0.2, -0.15) is 0 Å². The van der Waals surface area contributed by atoms with Gasteiger partial charge >= 0.3 is 0 Å². The number of ether oxygens (including phenoxy) is 1. The number of aromatic nitrogens is 1. The van der Waals surface area contributed by atoms with Crippen LogP contribution < -0.4 is 4.74 Å². The topological polar surface area (TPSA) is 14.2 Å². The van der Waals surface area contributed by atoms with E-state index in [0.717, 1.165) is 12.4 Å². The molecule has 0 aromatic carbocycles. The van der Waals surface area contributed by atoms with Crippen molar-refractivity contribution in [2.45, 2.75) is 40.2 Å². The van der Waals surface area contributed by atoms with E-state index < -0.39 is 0 Å². The highest BCUT2D eigenvalue weighted by molar-refractivity contribution is 5.18. The normalized spacial score (nSPS) is 12.1. The molecule has 1 rings (SSSR count). The molecule has 2 nitrogen and oxygen atoms in total. The summed E-state index contributed by atoms with van der Waals surface area (Å²) in [5, 5.41) is 0. The maximum Gasteiger partial charge on any atom is 0.136 e. The van der Waals surface area contributed by atoms with Crippen LogP contribution in [-0.2, 0) is 5.54 Å². The number of hydrogen-bond acceptors (Lipinski definition) is 1. The lowest BCUT2D eigenvalue weighted by atomic mass is 10.1. The lowest BCUT2D eigenvalue weighted by molar-refractivity contribution is 0.269. The lowest BCUT2D eigenvalue weighted by Crippen LogP contribution is -2.19.